The Kier molecular flexibility index (Phi) is 8.12. The van der Waals surface area contributed by atoms with Crippen LogP contribution in [0, 0.1) is 0 Å². The zero-order valence-corrected chi connectivity index (χ0v) is 18.8. The largest absolute Gasteiger partial charge is 0.466 e. The average Bonchev–Trinajstić information content (AvgIpc) is 3.30. The van der Waals surface area contributed by atoms with E-state index in [2.05, 4.69) is 29.4 Å². The molecule has 0 saturated carbocycles. The topological polar surface area (TPSA) is 87.0 Å². The Labute approximate surface area is 184 Å². The highest BCUT2D eigenvalue weighted by molar-refractivity contribution is 5.89. The molecule has 170 valence electrons. The van der Waals surface area contributed by atoms with E-state index in [9.17, 15) is 9.90 Å². The molecule has 2 aromatic rings. The van der Waals surface area contributed by atoms with Gasteiger partial charge in [-0.15, -0.1) is 0 Å². The third-order valence-corrected chi connectivity index (χ3v) is 5.69. The summed E-state index contributed by atoms with van der Waals surface area (Å²) in [7, 11) is 0. The quantitative estimate of drug-likeness (QED) is 0.559. The van der Waals surface area contributed by atoms with Crippen LogP contribution in [0.1, 0.15) is 51.4 Å². The molecule has 31 heavy (non-hydrogen) atoms. The number of nitrogens with zero attached hydrogens (tertiary/aromatic N) is 1. The van der Waals surface area contributed by atoms with E-state index in [1.54, 1.807) is 19.1 Å². The summed E-state index contributed by atoms with van der Waals surface area (Å²) in [6.45, 7) is 8.71. The van der Waals surface area contributed by atoms with Crippen molar-refractivity contribution >= 4 is 11.7 Å². The maximum Gasteiger partial charge on any atom is 0.319 e. The molecule has 7 nitrogen and oxygen atoms in total. The van der Waals surface area contributed by atoms with Gasteiger partial charge in [-0.05, 0) is 69.9 Å². The number of aliphatic hydroxyl groups is 1. The monoisotopic (exact) mass is 429 g/mol. The molecule has 0 radical (unpaired) electrons. The molecule has 2 heterocycles. The lowest BCUT2D eigenvalue weighted by molar-refractivity contribution is -0.0129. The van der Waals surface area contributed by atoms with Crippen LogP contribution in [0.3, 0.4) is 0 Å². The van der Waals surface area contributed by atoms with Crippen molar-refractivity contribution in [3.63, 3.8) is 0 Å². The Morgan fingerprint density at radius 2 is 2.03 bits per heavy atom. The minimum absolute atomic E-state index is 0.0387. The molecule has 0 bridgehead atoms. The first kappa shape index (κ1) is 23.3. The predicted octanol–water partition coefficient (Wildman–Crippen LogP) is 4.09. The molecular formula is C24H35N3O4. The van der Waals surface area contributed by atoms with Crippen LogP contribution in [0.2, 0.25) is 0 Å². The van der Waals surface area contributed by atoms with Crippen LogP contribution in [0.5, 0.6) is 0 Å². The molecule has 2 atom stereocenters. The van der Waals surface area contributed by atoms with Crippen LogP contribution in [-0.2, 0) is 16.9 Å². The first-order valence-electron chi connectivity index (χ1n) is 11.1. The number of furan rings is 1. The van der Waals surface area contributed by atoms with Gasteiger partial charge in [0.25, 0.3) is 0 Å². The number of carbonyl (C=O) groups is 1. The van der Waals surface area contributed by atoms with Gasteiger partial charge in [0.1, 0.15) is 11.4 Å². The van der Waals surface area contributed by atoms with Gasteiger partial charge in [0, 0.05) is 31.4 Å². The maximum absolute atomic E-state index is 12.2. The third kappa shape index (κ3) is 7.09. The summed E-state index contributed by atoms with van der Waals surface area (Å²) in [6.07, 6.45) is 5.36. The smallest absolute Gasteiger partial charge is 0.319 e. The summed E-state index contributed by atoms with van der Waals surface area (Å²) in [6, 6.07) is 11.3. The van der Waals surface area contributed by atoms with Crippen molar-refractivity contribution in [3.8, 4) is 0 Å². The molecule has 1 aromatic carbocycles. The van der Waals surface area contributed by atoms with Crippen molar-refractivity contribution in [2.24, 2.45) is 0 Å². The van der Waals surface area contributed by atoms with E-state index in [1.165, 1.54) is 24.7 Å². The van der Waals surface area contributed by atoms with Crippen LogP contribution >= 0.6 is 0 Å². The predicted molar refractivity (Wildman–Crippen MR) is 121 cm³/mol. The summed E-state index contributed by atoms with van der Waals surface area (Å²) in [4.78, 5) is 14.6. The Bertz CT molecular complexity index is 797. The van der Waals surface area contributed by atoms with Gasteiger partial charge in [0.2, 0.25) is 0 Å². The molecular weight excluding hydrogens is 394 g/mol. The third-order valence-electron chi connectivity index (χ3n) is 5.69. The number of amides is 2. The summed E-state index contributed by atoms with van der Waals surface area (Å²) in [5, 5.41) is 15.9. The molecule has 3 rings (SSSR count). The van der Waals surface area contributed by atoms with Crippen LogP contribution in [0.25, 0.3) is 0 Å². The molecule has 1 fully saturated rings. The molecule has 0 spiro atoms. The minimum atomic E-state index is -1.27. The van der Waals surface area contributed by atoms with Crippen LogP contribution < -0.4 is 10.6 Å². The van der Waals surface area contributed by atoms with Gasteiger partial charge in [-0.25, -0.2) is 4.79 Å². The van der Waals surface area contributed by atoms with Gasteiger partial charge in [0.05, 0.1) is 18.9 Å². The van der Waals surface area contributed by atoms with E-state index in [0.717, 1.165) is 26.1 Å². The van der Waals surface area contributed by atoms with Crippen molar-refractivity contribution in [1.29, 1.82) is 0 Å². The molecule has 0 aliphatic carbocycles. The standard InChI is InChI=1S/C24H35N3O4/c1-18(2)27(16-21-7-4-5-13-30-21)15-19-9-11-20(12-10-19)26-23(28)25-17-24(3,29)22-8-6-14-31-22/h6,8-12,14,18,21,29H,4-5,7,13,15-17H2,1-3H3,(H2,25,26,28)/t21-,24-/m0/s1. The number of benzene rings is 1. The van der Waals surface area contributed by atoms with Gasteiger partial charge < -0.3 is 24.9 Å². The SMILES string of the molecule is CC(C)N(Cc1ccc(NC(=O)NC[C@](C)(O)c2ccco2)cc1)C[C@@H]1CCCCO1. The van der Waals surface area contributed by atoms with Crippen molar-refractivity contribution in [3.05, 3.63) is 54.0 Å². The van der Waals surface area contributed by atoms with Crippen molar-refractivity contribution in [1.82, 2.24) is 10.2 Å². The van der Waals surface area contributed by atoms with E-state index >= 15 is 0 Å². The lowest BCUT2D eigenvalue weighted by Crippen LogP contribution is -2.40. The summed E-state index contributed by atoms with van der Waals surface area (Å²) < 4.78 is 11.1. The molecule has 2 amide bonds. The number of urea groups is 1. The minimum Gasteiger partial charge on any atom is -0.466 e. The number of anilines is 1. The van der Waals surface area contributed by atoms with E-state index in [0.29, 0.717) is 23.6 Å². The highest BCUT2D eigenvalue weighted by Crippen LogP contribution is 2.20. The molecule has 1 saturated heterocycles. The molecule has 0 unspecified atom stereocenters. The first-order valence-corrected chi connectivity index (χ1v) is 11.1. The Hall–Kier alpha value is -2.35. The highest BCUT2D eigenvalue weighted by atomic mass is 16.5. The first-order chi connectivity index (χ1) is 14.8. The Morgan fingerprint density at radius 1 is 1.26 bits per heavy atom. The van der Waals surface area contributed by atoms with Crippen molar-refractivity contribution in [2.45, 2.75) is 64.3 Å². The second-order valence-corrected chi connectivity index (χ2v) is 8.77. The van der Waals surface area contributed by atoms with Crippen LogP contribution in [-0.4, -0.2) is 47.9 Å². The fraction of sp³-hybridized carbons (Fsp3) is 0.542. The summed E-state index contributed by atoms with van der Waals surface area (Å²) >= 11 is 0. The normalized spacial score (nSPS) is 18.7. The van der Waals surface area contributed by atoms with E-state index < -0.39 is 5.60 Å². The number of rotatable bonds is 9. The number of carbonyl (C=O) groups excluding carboxylic acids is 1. The van der Waals surface area contributed by atoms with E-state index in [-0.39, 0.29) is 12.6 Å². The maximum atomic E-state index is 12.2. The van der Waals surface area contributed by atoms with Gasteiger partial charge >= 0.3 is 6.03 Å². The second kappa shape index (κ2) is 10.8. The van der Waals surface area contributed by atoms with Gasteiger partial charge in [-0.2, -0.15) is 0 Å². The fourth-order valence-corrected chi connectivity index (χ4v) is 3.70. The van der Waals surface area contributed by atoms with Gasteiger partial charge in [-0.3, -0.25) is 4.90 Å². The zero-order valence-electron chi connectivity index (χ0n) is 18.8. The Balaban J connectivity index is 1.48. The lowest BCUT2D eigenvalue weighted by Gasteiger charge is -2.32. The van der Waals surface area contributed by atoms with Crippen molar-refractivity contribution in [2.75, 3.05) is 25.0 Å². The summed E-state index contributed by atoms with van der Waals surface area (Å²) in [5.41, 5.74) is 0.620. The number of hydrogen-bond donors (Lipinski definition) is 3. The fourth-order valence-electron chi connectivity index (χ4n) is 3.70. The molecule has 3 N–H and O–H groups in total. The molecule has 7 heteroatoms. The summed E-state index contributed by atoms with van der Waals surface area (Å²) in [5.74, 6) is 0.408. The van der Waals surface area contributed by atoms with Crippen molar-refractivity contribution < 1.29 is 19.1 Å². The average molecular weight is 430 g/mol. The number of nitrogens with one attached hydrogen (secondary N) is 2. The van der Waals surface area contributed by atoms with Crippen LogP contribution in [0.15, 0.2) is 47.1 Å². The zero-order chi connectivity index (χ0) is 22.3. The highest BCUT2D eigenvalue weighted by Gasteiger charge is 2.26. The van der Waals surface area contributed by atoms with Gasteiger partial charge in [0.15, 0.2) is 0 Å². The molecule has 1 aliphatic heterocycles. The number of ether oxygens (including phenoxy) is 1. The molecule has 1 aromatic heterocycles. The second-order valence-electron chi connectivity index (χ2n) is 8.77. The lowest BCUT2D eigenvalue weighted by atomic mass is 10.0. The Morgan fingerprint density at radius 3 is 2.65 bits per heavy atom. The number of hydrogen-bond acceptors (Lipinski definition) is 5. The molecule has 1 aliphatic rings. The van der Waals surface area contributed by atoms with Gasteiger partial charge in [-0.1, -0.05) is 12.1 Å². The van der Waals surface area contributed by atoms with Crippen LogP contribution in [0.4, 0.5) is 10.5 Å². The van der Waals surface area contributed by atoms with E-state index in [1.807, 2.05) is 24.3 Å². The van der Waals surface area contributed by atoms with E-state index in [4.69, 9.17) is 9.15 Å².